The van der Waals surface area contributed by atoms with Gasteiger partial charge in [0.1, 0.15) is 17.9 Å². The summed E-state index contributed by atoms with van der Waals surface area (Å²) in [6.07, 6.45) is 1.63. The molecule has 2 amide bonds. The van der Waals surface area contributed by atoms with Crippen LogP contribution >= 0.6 is 0 Å². The van der Waals surface area contributed by atoms with Gasteiger partial charge in [-0.25, -0.2) is 4.79 Å². The Morgan fingerprint density at radius 1 is 1.42 bits per heavy atom. The third kappa shape index (κ3) is 3.16. The van der Waals surface area contributed by atoms with Crippen LogP contribution in [0.5, 0.6) is 5.75 Å². The van der Waals surface area contributed by atoms with Crippen molar-refractivity contribution in [1.82, 2.24) is 10.2 Å². The van der Waals surface area contributed by atoms with Crippen LogP contribution in [0, 0.1) is 11.3 Å². The molecule has 1 aliphatic heterocycles. The van der Waals surface area contributed by atoms with E-state index in [1.54, 1.807) is 18.0 Å². The molecule has 5 heteroatoms. The van der Waals surface area contributed by atoms with Crippen molar-refractivity contribution in [3.05, 3.63) is 29.8 Å². The van der Waals surface area contributed by atoms with Crippen LogP contribution in [0.4, 0.5) is 4.79 Å². The summed E-state index contributed by atoms with van der Waals surface area (Å²) in [4.78, 5) is 13.2. The van der Waals surface area contributed by atoms with Gasteiger partial charge in [0.05, 0.1) is 5.56 Å². The standard InChI is InChI=1S/C14H17N3O2/c1-16-14(18)17-8-6-12(7-9-17)19-13-5-3-2-4-11(13)10-15/h2-5,12H,6-9H2,1H3,(H,16,18). The van der Waals surface area contributed by atoms with Crippen molar-refractivity contribution >= 4 is 6.03 Å². The normalized spacial score (nSPS) is 15.7. The number of nitriles is 1. The number of hydrogen-bond donors (Lipinski definition) is 1. The van der Waals surface area contributed by atoms with Crippen LogP contribution in [0.15, 0.2) is 24.3 Å². The molecule has 0 aromatic heterocycles. The summed E-state index contributed by atoms with van der Waals surface area (Å²) in [6.45, 7) is 1.36. The van der Waals surface area contributed by atoms with Gasteiger partial charge in [0.2, 0.25) is 0 Å². The van der Waals surface area contributed by atoms with Gasteiger partial charge in [-0.3, -0.25) is 0 Å². The molecule has 100 valence electrons. The van der Waals surface area contributed by atoms with E-state index in [-0.39, 0.29) is 12.1 Å². The van der Waals surface area contributed by atoms with Gasteiger partial charge >= 0.3 is 6.03 Å². The van der Waals surface area contributed by atoms with E-state index in [1.807, 2.05) is 18.2 Å². The summed E-state index contributed by atoms with van der Waals surface area (Å²) in [7, 11) is 1.63. The smallest absolute Gasteiger partial charge is 0.317 e. The van der Waals surface area contributed by atoms with E-state index in [0.29, 0.717) is 24.4 Å². The first-order valence-corrected chi connectivity index (χ1v) is 6.37. The summed E-state index contributed by atoms with van der Waals surface area (Å²) in [5.41, 5.74) is 0.552. The van der Waals surface area contributed by atoms with Gasteiger partial charge in [-0.15, -0.1) is 0 Å². The predicted octanol–water partition coefficient (Wildman–Crippen LogP) is 1.74. The molecule has 1 N–H and O–H groups in total. The molecule has 5 nitrogen and oxygen atoms in total. The second-order valence-electron chi connectivity index (χ2n) is 4.47. The highest BCUT2D eigenvalue weighted by atomic mass is 16.5. The van der Waals surface area contributed by atoms with Crippen molar-refractivity contribution in [2.45, 2.75) is 18.9 Å². The molecule has 0 unspecified atom stereocenters. The lowest BCUT2D eigenvalue weighted by atomic mass is 10.1. The molecule has 19 heavy (non-hydrogen) atoms. The lowest BCUT2D eigenvalue weighted by Crippen LogP contribution is -2.45. The topological polar surface area (TPSA) is 65.4 Å². The number of carbonyl (C=O) groups is 1. The zero-order chi connectivity index (χ0) is 13.7. The molecule has 0 aliphatic carbocycles. The molecule has 0 saturated carbocycles. The fraction of sp³-hybridized carbons (Fsp3) is 0.429. The summed E-state index contributed by atoms with van der Waals surface area (Å²) in [5, 5.41) is 11.6. The number of likely N-dealkylation sites (tertiary alicyclic amines) is 1. The Labute approximate surface area is 112 Å². The van der Waals surface area contributed by atoms with Gasteiger partial charge in [0.25, 0.3) is 0 Å². The number of rotatable bonds is 2. The van der Waals surface area contributed by atoms with Crippen LogP contribution in [0.25, 0.3) is 0 Å². The van der Waals surface area contributed by atoms with Crippen LogP contribution in [-0.2, 0) is 0 Å². The summed E-state index contributed by atoms with van der Waals surface area (Å²) >= 11 is 0. The number of amides is 2. The number of hydrogen-bond acceptors (Lipinski definition) is 3. The molecule has 1 aromatic carbocycles. The Balaban J connectivity index is 1.93. The maximum Gasteiger partial charge on any atom is 0.317 e. The van der Waals surface area contributed by atoms with Gasteiger partial charge < -0.3 is 15.0 Å². The Hall–Kier alpha value is -2.22. The number of para-hydroxylation sites is 1. The highest BCUT2D eigenvalue weighted by Gasteiger charge is 2.23. The first-order chi connectivity index (χ1) is 9.24. The number of benzene rings is 1. The molecule has 1 saturated heterocycles. The lowest BCUT2D eigenvalue weighted by molar-refractivity contribution is 0.111. The zero-order valence-electron chi connectivity index (χ0n) is 10.9. The first kappa shape index (κ1) is 13.2. The fourth-order valence-electron chi connectivity index (χ4n) is 2.18. The van der Waals surface area contributed by atoms with Crippen molar-refractivity contribution in [2.75, 3.05) is 20.1 Å². The monoisotopic (exact) mass is 259 g/mol. The minimum atomic E-state index is -0.0455. The van der Waals surface area contributed by atoms with Crippen molar-refractivity contribution in [1.29, 1.82) is 5.26 Å². The number of ether oxygens (including phenoxy) is 1. The largest absolute Gasteiger partial charge is 0.489 e. The number of urea groups is 1. The van der Waals surface area contributed by atoms with Crippen molar-refractivity contribution < 1.29 is 9.53 Å². The minimum absolute atomic E-state index is 0.0455. The van der Waals surface area contributed by atoms with Crippen LogP contribution < -0.4 is 10.1 Å². The third-order valence-corrected chi connectivity index (χ3v) is 3.24. The van der Waals surface area contributed by atoms with E-state index in [2.05, 4.69) is 11.4 Å². The predicted molar refractivity (Wildman–Crippen MR) is 70.8 cm³/mol. The van der Waals surface area contributed by atoms with Gasteiger partial charge in [0.15, 0.2) is 0 Å². The SMILES string of the molecule is CNC(=O)N1CCC(Oc2ccccc2C#N)CC1. The lowest BCUT2D eigenvalue weighted by Gasteiger charge is -2.31. The molecule has 0 bridgehead atoms. The van der Waals surface area contributed by atoms with E-state index >= 15 is 0 Å². The van der Waals surface area contributed by atoms with E-state index in [1.165, 1.54) is 0 Å². The van der Waals surface area contributed by atoms with Gasteiger partial charge in [0, 0.05) is 33.0 Å². The molecular weight excluding hydrogens is 242 g/mol. The minimum Gasteiger partial charge on any atom is -0.489 e. The maximum atomic E-state index is 11.5. The summed E-state index contributed by atoms with van der Waals surface area (Å²) in [6, 6.07) is 9.31. The highest BCUT2D eigenvalue weighted by Crippen LogP contribution is 2.22. The fourth-order valence-corrected chi connectivity index (χ4v) is 2.18. The van der Waals surface area contributed by atoms with Gasteiger partial charge in [-0.1, -0.05) is 12.1 Å². The molecular formula is C14H17N3O2. The van der Waals surface area contributed by atoms with Gasteiger partial charge in [-0.2, -0.15) is 5.26 Å². The van der Waals surface area contributed by atoms with Gasteiger partial charge in [-0.05, 0) is 12.1 Å². The van der Waals surface area contributed by atoms with E-state index in [4.69, 9.17) is 10.00 Å². The Morgan fingerprint density at radius 3 is 2.74 bits per heavy atom. The Morgan fingerprint density at radius 2 is 2.11 bits per heavy atom. The number of nitrogens with one attached hydrogen (secondary N) is 1. The first-order valence-electron chi connectivity index (χ1n) is 6.37. The number of piperidine rings is 1. The molecule has 1 fully saturated rings. The molecule has 2 rings (SSSR count). The number of carbonyl (C=O) groups excluding carboxylic acids is 1. The van der Waals surface area contributed by atoms with E-state index < -0.39 is 0 Å². The molecule has 1 aliphatic rings. The summed E-state index contributed by atoms with van der Waals surface area (Å²) in [5.74, 6) is 0.628. The second kappa shape index (κ2) is 6.10. The third-order valence-electron chi connectivity index (χ3n) is 3.24. The molecule has 1 heterocycles. The molecule has 0 radical (unpaired) electrons. The highest BCUT2D eigenvalue weighted by molar-refractivity contribution is 5.73. The Bertz CT molecular complexity index is 488. The molecule has 1 aromatic rings. The van der Waals surface area contributed by atoms with Crippen molar-refractivity contribution in [3.8, 4) is 11.8 Å². The second-order valence-corrected chi connectivity index (χ2v) is 4.47. The average molecular weight is 259 g/mol. The van der Waals surface area contributed by atoms with E-state index in [0.717, 1.165) is 12.8 Å². The molecule has 0 spiro atoms. The van der Waals surface area contributed by atoms with Crippen molar-refractivity contribution in [3.63, 3.8) is 0 Å². The zero-order valence-corrected chi connectivity index (χ0v) is 10.9. The Kier molecular flexibility index (Phi) is 4.24. The van der Waals surface area contributed by atoms with Crippen LogP contribution in [-0.4, -0.2) is 37.2 Å². The van der Waals surface area contributed by atoms with Crippen LogP contribution in [0.3, 0.4) is 0 Å². The van der Waals surface area contributed by atoms with E-state index in [9.17, 15) is 4.79 Å². The maximum absolute atomic E-state index is 11.5. The van der Waals surface area contributed by atoms with Crippen molar-refractivity contribution in [2.24, 2.45) is 0 Å². The molecule has 0 atom stereocenters. The van der Waals surface area contributed by atoms with Crippen LogP contribution in [0.1, 0.15) is 18.4 Å². The summed E-state index contributed by atoms with van der Waals surface area (Å²) < 4.78 is 5.86. The quantitative estimate of drug-likeness (QED) is 0.879. The average Bonchev–Trinajstić information content (AvgIpc) is 2.48. The van der Waals surface area contributed by atoms with Crippen LogP contribution in [0.2, 0.25) is 0 Å². The number of nitrogens with zero attached hydrogens (tertiary/aromatic N) is 2.